The summed E-state index contributed by atoms with van der Waals surface area (Å²) in [6, 6.07) is 4.35. The molecular formula is C11H12ClF2NO2. The monoisotopic (exact) mass is 263 g/mol. The number of ether oxygens (including phenoxy) is 2. The predicted molar refractivity (Wildman–Crippen MR) is 60.0 cm³/mol. The minimum atomic E-state index is -2.87. The van der Waals surface area contributed by atoms with Crippen LogP contribution in [0.5, 0.6) is 11.5 Å². The molecule has 1 fully saturated rings. The van der Waals surface area contributed by atoms with Crippen molar-refractivity contribution < 1.29 is 18.3 Å². The quantitative estimate of drug-likeness (QED) is 0.906. The molecule has 0 radical (unpaired) electrons. The Kier molecular flexibility index (Phi) is 4.02. The fourth-order valence-electron chi connectivity index (χ4n) is 1.68. The van der Waals surface area contributed by atoms with E-state index in [0.29, 0.717) is 11.6 Å². The fourth-order valence-corrected chi connectivity index (χ4v) is 1.84. The summed E-state index contributed by atoms with van der Waals surface area (Å²) in [6.45, 7) is -1.32. The van der Waals surface area contributed by atoms with Gasteiger partial charge in [-0.3, -0.25) is 0 Å². The average Bonchev–Trinajstić information content (AvgIpc) is 2.74. The highest BCUT2D eigenvalue weighted by atomic mass is 35.5. The summed E-state index contributed by atoms with van der Waals surface area (Å²) in [5.74, 6) is 0.266. The molecule has 1 aliphatic heterocycles. The summed E-state index contributed by atoms with van der Waals surface area (Å²) in [6.07, 6.45) is 0.800. The number of rotatable bonds is 4. The molecule has 0 spiro atoms. The summed E-state index contributed by atoms with van der Waals surface area (Å²) in [4.78, 5) is 0. The molecule has 3 nitrogen and oxygen atoms in total. The normalized spacial score (nSPS) is 19.6. The molecule has 1 aliphatic rings. The SMILES string of the molecule is FC(F)Oc1ccc(Cl)cc1OC1CCNC1. The molecule has 0 bridgehead atoms. The van der Waals surface area contributed by atoms with Crippen LogP contribution in [0.2, 0.25) is 5.02 Å². The molecule has 1 atom stereocenters. The molecule has 0 aliphatic carbocycles. The van der Waals surface area contributed by atoms with Gasteiger partial charge in [-0.15, -0.1) is 0 Å². The van der Waals surface area contributed by atoms with Gasteiger partial charge >= 0.3 is 6.61 Å². The second kappa shape index (κ2) is 5.51. The molecule has 1 aromatic rings. The van der Waals surface area contributed by atoms with Gasteiger partial charge in [-0.05, 0) is 25.1 Å². The molecule has 0 saturated carbocycles. The lowest BCUT2D eigenvalue weighted by atomic mass is 10.3. The van der Waals surface area contributed by atoms with E-state index >= 15 is 0 Å². The highest BCUT2D eigenvalue weighted by Crippen LogP contribution is 2.32. The van der Waals surface area contributed by atoms with Crippen molar-refractivity contribution in [1.82, 2.24) is 5.32 Å². The van der Waals surface area contributed by atoms with Crippen LogP contribution < -0.4 is 14.8 Å². The van der Waals surface area contributed by atoms with E-state index in [9.17, 15) is 8.78 Å². The van der Waals surface area contributed by atoms with Gasteiger partial charge in [0.2, 0.25) is 0 Å². The Labute approximate surface area is 103 Å². The van der Waals surface area contributed by atoms with Gasteiger partial charge < -0.3 is 14.8 Å². The summed E-state index contributed by atoms with van der Waals surface area (Å²) >= 11 is 5.80. The lowest BCUT2D eigenvalue weighted by Gasteiger charge is -2.16. The van der Waals surface area contributed by atoms with Gasteiger partial charge in [-0.25, -0.2) is 0 Å². The maximum Gasteiger partial charge on any atom is 0.387 e. The Morgan fingerprint density at radius 3 is 2.82 bits per heavy atom. The van der Waals surface area contributed by atoms with E-state index in [1.54, 1.807) is 0 Å². The van der Waals surface area contributed by atoms with E-state index in [0.717, 1.165) is 13.0 Å². The molecule has 1 heterocycles. The van der Waals surface area contributed by atoms with Crippen molar-refractivity contribution in [2.45, 2.75) is 19.1 Å². The van der Waals surface area contributed by atoms with Crippen molar-refractivity contribution in [2.24, 2.45) is 0 Å². The summed E-state index contributed by atoms with van der Waals surface area (Å²) in [5, 5.41) is 3.54. The first-order valence-corrected chi connectivity index (χ1v) is 5.64. The van der Waals surface area contributed by atoms with E-state index in [2.05, 4.69) is 10.1 Å². The Morgan fingerprint density at radius 1 is 1.35 bits per heavy atom. The number of halogens is 3. The maximum atomic E-state index is 12.2. The molecule has 0 amide bonds. The van der Waals surface area contributed by atoms with Crippen molar-refractivity contribution in [2.75, 3.05) is 13.1 Å². The molecular weight excluding hydrogens is 252 g/mol. The van der Waals surface area contributed by atoms with Crippen LogP contribution in [0.3, 0.4) is 0 Å². The van der Waals surface area contributed by atoms with Gasteiger partial charge in [-0.2, -0.15) is 8.78 Å². The van der Waals surface area contributed by atoms with Crippen LogP contribution in [0.25, 0.3) is 0 Å². The molecule has 1 aromatic carbocycles. The van der Waals surface area contributed by atoms with Gasteiger partial charge in [0.05, 0.1) is 0 Å². The van der Waals surface area contributed by atoms with Crippen LogP contribution >= 0.6 is 11.6 Å². The minimum Gasteiger partial charge on any atom is -0.485 e. The third kappa shape index (κ3) is 3.44. The molecule has 17 heavy (non-hydrogen) atoms. The number of hydrogen-bond acceptors (Lipinski definition) is 3. The Balaban J connectivity index is 2.13. The van der Waals surface area contributed by atoms with E-state index in [-0.39, 0.29) is 17.6 Å². The van der Waals surface area contributed by atoms with E-state index in [1.807, 2.05) is 0 Å². The first-order chi connectivity index (χ1) is 8.15. The highest BCUT2D eigenvalue weighted by Gasteiger charge is 2.19. The third-order valence-corrected chi connectivity index (χ3v) is 2.67. The second-order valence-corrected chi connectivity index (χ2v) is 4.14. The van der Waals surface area contributed by atoms with Crippen molar-refractivity contribution in [3.8, 4) is 11.5 Å². The Hall–Kier alpha value is -1.07. The van der Waals surface area contributed by atoms with Crippen LogP contribution in [0.15, 0.2) is 18.2 Å². The zero-order chi connectivity index (χ0) is 12.3. The molecule has 1 N–H and O–H groups in total. The second-order valence-electron chi connectivity index (χ2n) is 3.70. The van der Waals surface area contributed by atoms with Gasteiger partial charge in [-0.1, -0.05) is 11.6 Å². The van der Waals surface area contributed by atoms with Crippen molar-refractivity contribution in [1.29, 1.82) is 0 Å². The van der Waals surface area contributed by atoms with Gasteiger partial charge in [0.1, 0.15) is 6.10 Å². The van der Waals surface area contributed by atoms with Crippen molar-refractivity contribution in [3.63, 3.8) is 0 Å². The summed E-state index contributed by atoms with van der Waals surface area (Å²) < 4.78 is 34.3. The average molecular weight is 264 g/mol. The molecule has 0 aromatic heterocycles. The highest BCUT2D eigenvalue weighted by molar-refractivity contribution is 6.30. The van der Waals surface area contributed by atoms with E-state index in [4.69, 9.17) is 16.3 Å². The smallest absolute Gasteiger partial charge is 0.387 e. The van der Waals surface area contributed by atoms with E-state index in [1.165, 1.54) is 18.2 Å². The largest absolute Gasteiger partial charge is 0.485 e. The Bertz CT molecular complexity index is 384. The standard InChI is InChI=1S/C11H12ClF2NO2/c12-7-1-2-9(17-11(13)14)10(5-7)16-8-3-4-15-6-8/h1-2,5,8,11,15H,3-4,6H2. The first-order valence-electron chi connectivity index (χ1n) is 5.27. The molecule has 2 rings (SSSR count). The van der Waals surface area contributed by atoms with Crippen LogP contribution in [-0.4, -0.2) is 25.8 Å². The molecule has 94 valence electrons. The number of benzene rings is 1. The third-order valence-electron chi connectivity index (χ3n) is 2.43. The molecule has 1 unspecified atom stereocenters. The predicted octanol–water partition coefficient (Wildman–Crippen LogP) is 2.68. The lowest BCUT2D eigenvalue weighted by Crippen LogP contribution is -2.20. The van der Waals surface area contributed by atoms with Crippen LogP contribution in [0, 0.1) is 0 Å². The lowest BCUT2D eigenvalue weighted by molar-refractivity contribution is -0.0519. The minimum absolute atomic E-state index is 0.0105. The van der Waals surface area contributed by atoms with Crippen molar-refractivity contribution in [3.05, 3.63) is 23.2 Å². The van der Waals surface area contributed by atoms with Crippen LogP contribution in [0.4, 0.5) is 8.78 Å². The Morgan fingerprint density at radius 2 is 2.18 bits per heavy atom. The zero-order valence-corrected chi connectivity index (χ0v) is 9.71. The number of alkyl halides is 2. The fraction of sp³-hybridized carbons (Fsp3) is 0.455. The number of hydrogen-bond donors (Lipinski definition) is 1. The zero-order valence-electron chi connectivity index (χ0n) is 8.96. The molecule has 1 saturated heterocycles. The summed E-state index contributed by atoms with van der Waals surface area (Å²) in [7, 11) is 0. The summed E-state index contributed by atoms with van der Waals surface area (Å²) in [5.41, 5.74) is 0. The van der Waals surface area contributed by atoms with Gasteiger partial charge in [0.15, 0.2) is 11.5 Å². The van der Waals surface area contributed by atoms with Gasteiger partial charge in [0.25, 0.3) is 0 Å². The van der Waals surface area contributed by atoms with Crippen LogP contribution in [0.1, 0.15) is 6.42 Å². The van der Waals surface area contributed by atoms with Crippen LogP contribution in [-0.2, 0) is 0 Å². The van der Waals surface area contributed by atoms with Gasteiger partial charge in [0, 0.05) is 17.6 Å². The van der Waals surface area contributed by atoms with Crippen molar-refractivity contribution >= 4 is 11.6 Å². The first kappa shape index (κ1) is 12.4. The molecule has 6 heteroatoms. The topological polar surface area (TPSA) is 30.5 Å². The maximum absolute atomic E-state index is 12.2. The number of nitrogens with one attached hydrogen (secondary N) is 1. The van der Waals surface area contributed by atoms with E-state index < -0.39 is 6.61 Å².